The molecule has 0 radical (unpaired) electrons. The molecule has 2 bridgehead atoms. The van der Waals surface area contributed by atoms with Gasteiger partial charge in [0, 0.05) is 30.1 Å². The van der Waals surface area contributed by atoms with Crippen molar-refractivity contribution in [1.29, 1.82) is 0 Å². The molecule has 1 atom stereocenters. The van der Waals surface area contributed by atoms with Crippen LogP contribution >= 0.6 is 0 Å². The predicted octanol–water partition coefficient (Wildman–Crippen LogP) is 1.90. The number of hydrogen-bond acceptors (Lipinski definition) is 7. The topological polar surface area (TPSA) is 121 Å². The molecule has 0 spiro atoms. The summed E-state index contributed by atoms with van der Waals surface area (Å²) in [6.45, 7) is 1.84. The quantitative estimate of drug-likeness (QED) is 0.626. The molecule has 1 aliphatic rings. The van der Waals surface area contributed by atoms with Crippen LogP contribution in [0.3, 0.4) is 0 Å². The maximum Gasteiger partial charge on any atom is 0.360 e. The Morgan fingerprint density at radius 3 is 2.84 bits per heavy atom. The lowest BCUT2D eigenvalue weighted by molar-refractivity contribution is -0.119. The van der Waals surface area contributed by atoms with Gasteiger partial charge in [-0.05, 0) is 31.4 Å². The minimum Gasteiger partial charge on any atom is -0.464 e. The third-order valence-electron chi connectivity index (χ3n) is 5.26. The van der Waals surface area contributed by atoms with Crippen LogP contribution in [0.1, 0.15) is 42.4 Å². The van der Waals surface area contributed by atoms with Gasteiger partial charge in [0.05, 0.1) is 12.8 Å². The van der Waals surface area contributed by atoms with E-state index in [-0.39, 0.29) is 29.0 Å². The lowest BCUT2D eigenvalue weighted by Crippen LogP contribution is -2.25. The second kappa shape index (κ2) is 8.50. The molecule has 4 heterocycles. The van der Waals surface area contributed by atoms with E-state index in [1.165, 1.54) is 34.9 Å². The molecule has 10 heteroatoms. The maximum atomic E-state index is 13.0. The van der Waals surface area contributed by atoms with Gasteiger partial charge in [-0.1, -0.05) is 13.3 Å². The zero-order valence-corrected chi connectivity index (χ0v) is 17.2. The Hall–Kier alpha value is -3.82. The SMILES string of the molecule is COC(=O)c1nn2c(c1-n1cnccc1=O)NC(=O)C(C)CCCCc1cc-2ccn1. The first-order valence-corrected chi connectivity index (χ1v) is 10.00. The first-order valence-electron chi connectivity index (χ1n) is 10.00. The lowest BCUT2D eigenvalue weighted by Gasteiger charge is -2.17. The summed E-state index contributed by atoms with van der Waals surface area (Å²) in [5.74, 6) is -1.06. The number of rotatable bonds is 2. The molecule has 0 fully saturated rings. The third-order valence-corrected chi connectivity index (χ3v) is 5.26. The monoisotopic (exact) mass is 422 g/mol. The minimum absolute atomic E-state index is 0.0981. The van der Waals surface area contributed by atoms with Crippen molar-refractivity contribution in [2.75, 3.05) is 12.4 Å². The van der Waals surface area contributed by atoms with Gasteiger partial charge in [0.25, 0.3) is 5.56 Å². The summed E-state index contributed by atoms with van der Waals surface area (Å²) >= 11 is 0. The fraction of sp³-hybridized carbons (Fsp3) is 0.333. The van der Waals surface area contributed by atoms with Crippen molar-refractivity contribution in [1.82, 2.24) is 24.3 Å². The van der Waals surface area contributed by atoms with Crippen molar-refractivity contribution in [3.8, 4) is 11.4 Å². The molecule has 0 aromatic carbocycles. The fourth-order valence-electron chi connectivity index (χ4n) is 3.55. The number of carbonyl (C=O) groups excluding carboxylic acids is 2. The van der Waals surface area contributed by atoms with E-state index < -0.39 is 11.5 Å². The van der Waals surface area contributed by atoms with E-state index in [2.05, 4.69) is 20.4 Å². The highest BCUT2D eigenvalue weighted by Crippen LogP contribution is 2.29. The van der Waals surface area contributed by atoms with Crippen molar-refractivity contribution >= 4 is 17.7 Å². The van der Waals surface area contributed by atoms with E-state index in [0.717, 1.165) is 25.0 Å². The molecule has 0 saturated carbocycles. The third kappa shape index (κ3) is 3.96. The molecular formula is C21H22N6O4. The number of nitrogens with one attached hydrogen (secondary N) is 1. The highest BCUT2D eigenvalue weighted by atomic mass is 16.5. The zero-order chi connectivity index (χ0) is 22.0. The van der Waals surface area contributed by atoms with Gasteiger partial charge in [-0.25, -0.2) is 14.5 Å². The Bertz CT molecular complexity index is 1200. The van der Waals surface area contributed by atoms with Crippen LogP contribution in [0.4, 0.5) is 5.82 Å². The molecule has 0 aliphatic carbocycles. The molecule has 3 aromatic heterocycles. The highest BCUT2D eigenvalue weighted by molar-refractivity contribution is 5.99. The van der Waals surface area contributed by atoms with Gasteiger partial charge in [0.1, 0.15) is 12.0 Å². The molecule has 1 amide bonds. The number of carbonyl (C=O) groups is 2. The Kier molecular flexibility index (Phi) is 5.61. The van der Waals surface area contributed by atoms with Gasteiger partial charge in [0.2, 0.25) is 5.91 Å². The molecule has 3 aromatic rings. The van der Waals surface area contributed by atoms with Crippen molar-refractivity contribution in [2.24, 2.45) is 5.92 Å². The first-order chi connectivity index (χ1) is 15.0. The number of esters is 1. The van der Waals surface area contributed by atoms with E-state index in [0.29, 0.717) is 12.1 Å². The standard InChI is InChI=1S/C21H22N6O4/c1-13-5-3-4-6-14-11-15(7-10-23-14)27-19(24-20(13)29)18(17(25-27)21(30)31-2)26-12-22-9-8-16(26)28/h7-13H,3-6H2,1-2H3,(H,24,29). The van der Waals surface area contributed by atoms with Crippen molar-refractivity contribution in [3.63, 3.8) is 0 Å². The van der Waals surface area contributed by atoms with E-state index in [9.17, 15) is 14.4 Å². The van der Waals surface area contributed by atoms with Crippen molar-refractivity contribution in [2.45, 2.75) is 32.6 Å². The first kappa shape index (κ1) is 20.5. The van der Waals surface area contributed by atoms with Crippen LogP contribution in [0.2, 0.25) is 0 Å². The summed E-state index contributed by atoms with van der Waals surface area (Å²) in [7, 11) is 1.23. The van der Waals surface area contributed by atoms with Gasteiger partial charge in [0.15, 0.2) is 11.5 Å². The van der Waals surface area contributed by atoms with Crippen molar-refractivity contribution < 1.29 is 14.3 Å². The number of fused-ring (bicyclic) bond motifs is 4. The molecule has 1 N–H and O–H groups in total. The number of nitrogens with zero attached hydrogens (tertiary/aromatic N) is 5. The summed E-state index contributed by atoms with van der Waals surface area (Å²) in [6, 6.07) is 4.83. The second-order valence-corrected chi connectivity index (χ2v) is 7.38. The number of anilines is 1. The molecular weight excluding hydrogens is 400 g/mol. The second-order valence-electron chi connectivity index (χ2n) is 7.38. The number of aryl methyl sites for hydroxylation is 1. The number of pyridine rings is 1. The lowest BCUT2D eigenvalue weighted by atomic mass is 10.0. The fourth-order valence-corrected chi connectivity index (χ4v) is 3.55. The van der Waals surface area contributed by atoms with E-state index in [1.54, 1.807) is 12.3 Å². The van der Waals surface area contributed by atoms with E-state index >= 15 is 0 Å². The van der Waals surface area contributed by atoms with Crippen LogP contribution in [0.15, 0.2) is 41.7 Å². The Morgan fingerprint density at radius 2 is 2.06 bits per heavy atom. The number of aromatic nitrogens is 5. The predicted molar refractivity (Wildman–Crippen MR) is 111 cm³/mol. The van der Waals surface area contributed by atoms with Crippen LogP contribution < -0.4 is 10.9 Å². The molecule has 1 aliphatic heterocycles. The number of methoxy groups -OCH3 is 1. The van der Waals surface area contributed by atoms with Gasteiger partial charge in [-0.3, -0.25) is 19.1 Å². The average molecular weight is 422 g/mol. The van der Waals surface area contributed by atoms with Crippen LogP contribution in [0, 0.1) is 5.92 Å². The highest BCUT2D eigenvalue weighted by Gasteiger charge is 2.29. The van der Waals surface area contributed by atoms with Gasteiger partial charge < -0.3 is 10.1 Å². The molecule has 1 unspecified atom stereocenters. The summed E-state index contributed by atoms with van der Waals surface area (Å²) in [5.41, 5.74) is 1.02. The smallest absolute Gasteiger partial charge is 0.360 e. The number of ether oxygens (including phenoxy) is 1. The molecule has 0 saturated heterocycles. The summed E-state index contributed by atoms with van der Waals surface area (Å²) in [5, 5.41) is 7.29. The molecule has 160 valence electrons. The van der Waals surface area contributed by atoms with Crippen molar-refractivity contribution in [3.05, 3.63) is 58.7 Å². The number of amides is 1. The molecule has 10 nitrogen and oxygen atoms in total. The number of hydrogen-bond donors (Lipinski definition) is 1. The minimum atomic E-state index is -0.744. The van der Waals surface area contributed by atoms with Gasteiger partial charge in [-0.2, -0.15) is 5.10 Å². The zero-order valence-electron chi connectivity index (χ0n) is 17.2. The molecule has 4 rings (SSSR count). The molecule has 31 heavy (non-hydrogen) atoms. The summed E-state index contributed by atoms with van der Waals surface area (Å²) < 4.78 is 7.50. The Balaban J connectivity index is 2.03. The largest absolute Gasteiger partial charge is 0.464 e. The average Bonchev–Trinajstić information content (AvgIpc) is 3.14. The van der Waals surface area contributed by atoms with Gasteiger partial charge >= 0.3 is 5.97 Å². The Labute approximate surface area is 177 Å². The van der Waals surface area contributed by atoms with Crippen LogP contribution in [0.5, 0.6) is 0 Å². The summed E-state index contributed by atoms with van der Waals surface area (Å²) in [6.07, 6.45) is 7.52. The summed E-state index contributed by atoms with van der Waals surface area (Å²) in [4.78, 5) is 46.5. The van der Waals surface area contributed by atoms with Gasteiger partial charge in [-0.15, -0.1) is 0 Å². The normalized spacial score (nSPS) is 16.5. The van der Waals surface area contributed by atoms with Crippen LogP contribution in [-0.2, 0) is 16.0 Å². The Morgan fingerprint density at radius 1 is 1.23 bits per heavy atom. The maximum absolute atomic E-state index is 13.0. The van der Waals surface area contributed by atoms with Crippen LogP contribution in [-0.4, -0.2) is 43.3 Å². The van der Waals surface area contributed by atoms with E-state index in [1.807, 2.05) is 13.0 Å². The van der Waals surface area contributed by atoms with Crippen LogP contribution in [0.25, 0.3) is 11.4 Å². The van der Waals surface area contributed by atoms with E-state index in [4.69, 9.17) is 4.74 Å².